The van der Waals surface area contributed by atoms with Gasteiger partial charge in [-0.25, -0.2) is 4.79 Å². The summed E-state index contributed by atoms with van der Waals surface area (Å²) in [4.78, 5) is 36.4. The summed E-state index contributed by atoms with van der Waals surface area (Å²) in [6.07, 6.45) is 6.12. The van der Waals surface area contributed by atoms with Gasteiger partial charge in [-0.1, -0.05) is 24.6 Å². The Morgan fingerprint density at radius 2 is 1.52 bits per heavy atom. The van der Waals surface area contributed by atoms with Crippen LogP contribution in [0, 0.1) is 10.8 Å². The van der Waals surface area contributed by atoms with E-state index in [0.29, 0.717) is 19.3 Å². The highest BCUT2D eigenvalue weighted by Gasteiger charge is 2.64. The first-order valence-electron chi connectivity index (χ1n) is 6.64. The Labute approximate surface area is 122 Å². The zero-order valence-corrected chi connectivity index (χ0v) is 12.3. The highest BCUT2D eigenvalue weighted by Crippen LogP contribution is 2.58. The molecule has 0 saturated heterocycles. The van der Waals surface area contributed by atoms with E-state index in [1.165, 1.54) is 33.5 Å². The lowest BCUT2D eigenvalue weighted by molar-refractivity contribution is -0.167. The van der Waals surface area contributed by atoms with Crippen LogP contribution < -0.4 is 0 Å². The number of ether oxygens (including phenoxy) is 3. The normalized spacial score (nSPS) is 30.1. The smallest absolute Gasteiger partial charge is 0.337 e. The third-order valence-corrected chi connectivity index (χ3v) is 4.41. The molecule has 0 spiro atoms. The summed E-state index contributed by atoms with van der Waals surface area (Å²) >= 11 is 0. The highest BCUT2D eigenvalue weighted by molar-refractivity contribution is 5.99. The van der Waals surface area contributed by atoms with Gasteiger partial charge in [0, 0.05) is 0 Å². The summed E-state index contributed by atoms with van der Waals surface area (Å²) in [5.41, 5.74) is -2.09. The SMILES string of the molecule is COC(=O)C1=CC2(C(=O)OC)CCCC2(C(=O)OC)C=C1. The van der Waals surface area contributed by atoms with Crippen molar-refractivity contribution >= 4 is 17.9 Å². The van der Waals surface area contributed by atoms with Crippen LogP contribution in [0.25, 0.3) is 0 Å². The number of carbonyl (C=O) groups is 3. The van der Waals surface area contributed by atoms with Gasteiger partial charge in [-0.05, 0) is 12.8 Å². The second-order valence-electron chi connectivity index (χ2n) is 5.20. The fraction of sp³-hybridized carbons (Fsp3) is 0.533. The molecule has 2 unspecified atom stereocenters. The van der Waals surface area contributed by atoms with Crippen molar-refractivity contribution in [1.82, 2.24) is 0 Å². The van der Waals surface area contributed by atoms with Gasteiger partial charge in [-0.15, -0.1) is 0 Å². The van der Waals surface area contributed by atoms with Gasteiger partial charge < -0.3 is 14.2 Å². The molecule has 0 radical (unpaired) electrons. The number of hydrogen-bond donors (Lipinski definition) is 0. The minimum absolute atomic E-state index is 0.240. The fourth-order valence-corrected chi connectivity index (χ4v) is 3.38. The van der Waals surface area contributed by atoms with Crippen LogP contribution in [0.5, 0.6) is 0 Å². The van der Waals surface area contributed by atoms with Crippen LogP contribution in [0.15, 0.2) is 23.8 Å². The molecule has 2 atom stereocenters. The molecule has 6 nitrogen and oxygen atoms in total. The molecule has 0 aromatic carbocycles. The molecular formula is C15H18O6. The van der Waals surface area contributed by atoms with Crippen molar-refractivity contribution < 1.29 is 28.6 Å². The quantitative estimate of drug-likeness (QED) is 0.574. The first-order chi connectivity index (χ1) is 9.97. The zero-order valence-electron chi connectivity index (χ0n) is 12.3. The Bertz CT molecular complexity index is 546. The lowest BCUT2D eigenvalue weighted by Gasteiger charge is -2.39. The van der Waals surface area contributed by atoms with E-state index in [-0.39, 0.29) is 5.57 Å². The van der Waals surface area contributed by atoms with Crippen molar-refractivity contribution in [2.75, 3.05) is 21.3 Å². The van der Waals surface area contributed by atoms with Crippen LogP contribution >= 0.6 is 0 Å². The van der Waals surface area contributed by atoms with Gasteiger partial charge in [0.1, 0.15) is 10.8 Å². The highest BCUT2D eigenvalue weighted by atomic mass is 16.5. The number of carbonyl (C=O) groups excluding carboxylic acids is 3. The van der Waals surface area contributed by atoms with E-state index in [9.17, 15) is 14.4 Å². The number of hydrogen-bond acceptors (Lipinski definition) is 6. The van der Waals surface area contributed by atoms with E-state index >= 15 is 0 Å². The topological polar surface area (TPSA) is 78.9 Å². The number of methoxy groups -OCH3 is 3. The summed E-state index contributed by atoms with van der Waals surface area (Å²) in [6.45, 7) is 0. The molecule has 0 heterocycles. The molecule has 6 heteroatoms. The molecule has 2 aliphatic carbocycles. The van der Waals surface area contributed by atoms with Crippen molar-refractivity contribution in [2.24, 2.45) is 10.8 Å². The third-order valence-electron chi connectivity index (χ3n) is 4.41. The van der Waals surface area contributed by atoms with E-state index in [1.54, 1.807) is 6.08 Å². The minimum atomic E-state index is -1.22. The number of esters is 3. The summed E-state index contributed by atoms with van der Waals surface area (Å²) in [5, 5.41) is 0. The molecule has 21 heavy (non-hydrogen) atoms. The molecule has 1 saturated carbocycles. The summed E-state index contributed by atoms with van der Waals surface area (Å²) in [7, 11) is 3.81. The fourth-order valence-electron chi connectivity index (χ4n) is 3.38. The molecule has 2 aliphatic rings. The maximum atomic E-state index is 12.4. The van der Waals surface area contributed by atoms with Gasteiger partial charge in [0.05, 0.1) is 26.9 Å². The van der Waals surface area contributed by atoms with Crippen LogP contribution in [0.3, 0.4) is 0 Å². The average molecular weight is 294 g/mol. The first-order valence-corrected chi connectivity index (χ1v) is 6.64. The van der Waals surface area contributed by atoms with Crippen molar-refractivity contribution in [1.29, 1.82) is 0 Å². The van der Waals surface area contributed by atoms with Crippen LogP contribution in [-0.4, -0.2) is 39.2 Å². The summed E-state index contributed by atoms with van der Waals surface area (Å²) < 4.78 is 14.5. The van der Waals surface area contributed by atoms with Crippen LogP contribution in [0.4, 0.5) is 0 Å². The second kappa shape index (κ2) is 5.35. The molecular weight excluding hydrogens is 276 g/mol. The van der Waals surface area contributed by atoms with Crippen molar-refractivity contribution in [3.8, 4) is 0 Å². The number of fused-ring (bicyclic) bond motifs is 1. The molecule has 0 amide bonds. The van der Waals surface area contributed by atoms with Crippen molar-refractivity contribution in [3.05, 3.63) is 23.8 Å². The number of rotatable bonds is 3. The molecule has 2 rings (SSSR count). The van der Waals surface area contributed by atoms with E-state index in [4.69, 9.17) is 9.47 Å². The predicted molar refractivity (Wildman–Crippen MR) is 72.0 cm³/mol. The Morgan fingerprint density at radius 1 is 0.952 bits per heavy atom. The van der Waals surface area contributed by atoms with E-state index in [2.05, 4.69) is 4.74 Å². The molecule has 0 bridgehead atoms. The van der Waals surface area contributed by atoms with Crippen LogP contribution in [0.1, 0.15) is 19.3 Å². The largest absolute Gasteiger partial charge is 0.468 e. The Balaban J connectivity index is 2.60. The lowest BCUT2D eigenvalue weighted by atomic mass is 9.62. The molecule has 0 aliphatic heterocycles. The van der Waals surface area contributed by atoms with E-state index in [1.807, 2.05) is 0 Å². The van der Waals surface area contributed by atoms with Gasteiger partial charge in [-0.2, -0.15) is 0 Å². The van der Waals surface area contributed by atoms with Gasteiger partial charge in [-0.3, -0.25) is 9.59 Å². The molecule has 0 aromatic heterocycles. The monoisotopic (exact) mass is 294 g/mol. The Hall–Kier alpha value is -2.11. The van der Waals surface area contributed by atoms with Crippen molar-refractivity contribution in [3.63, 3.8) is 0 Å². The Morgan fingerprint density at radius 3 is 2.10 bits per heavy atom. The second-order valence-corrected chi connectivity index (χ2v) is 5.20. The van der Waals surface area contributed by atoms with E-state index in [0.717, 1.165) is 0 Å². The third kappa shape index (κ3) is 1.97. The minimum Gasteiger partial charge on any atom is -0.468 e. The van der Waals surface area contributed by atoms with Crippen LogP contribution in [-0.2, 0) is 28.6 Å². The van der Waals surface area contributed by atoms with E-state index < -0.39 is 28.7 Å². The van der Waals surface area contributed by atoms with Gasteiger partial charge >= 0.3 is 17.9 Å². The Kier molecular flexibility index (Phi) is 3.89. The summed E-state index contributed by atoms with van der Waals surface area (Å²) in [6, 6.07) is 0. The maximum Gasteiger partial charge on any atom is 0.337 e. The predicted octanol–water partition coefficient (Wildman–Crippen LogP) is 1.16. The molecule has 1 fully saturated rings. The van der Waals surface area contributed by atoms with Crippen molar-refractivity contribution in [2.45, 2.75) is 19.3 Å². The zero-order chi connectivity index (χ0) is 15.7. The standard InChI is InChI=1S/C15H18O6/c1-19-11(16)10-5-8-14(12(17)20-2)6-4-7-15(14,9-10)13(18)21-3/h5,8-9H,4,6-7H2,1-3H3. The van der Waals surface area contributed by atoms with Gasteiger partial charge in [0.25, 0.3) is 0 Å². The lowest BCUT2D eigenvalue weighted by Crippen LogP contribution is -2.49. The summed E-state index contributed by atoms with van der Waals surface area (Å²) in [5.74, 6) is -1.60. The van der Waals surface area contributed by atoms with Gasteiger partial charge in [0.15, 0.2) is 0 Å². The molecule has 0 N–H and O–H groups in total. The molecule has 114 valence electrons. The average Bonchev–Trinajstić information content (AvgIpc) is 2.92. The van der Waals surface area contributed by atoms with Gasteiger partial charge in [0.2, 0.25) is 0 Å². The first kappa shape index (κ1) is 15.3. The molecule has 0 aromatic rings. The maximum absolute atomic E-state index is 12.4. The van der Waals surface area contributed by atoms with Crippen LogP contribution in [0.2, 0.25) is 0 Å².